The normalized spacial score (nSPS) is 24.7. The standard InChI is InChI=1S/C28H32F3N5O5S/c1-4-16(26(37)38)11-36-23-20(13-41-36)35(14-28(23,30)31)12-19-21(27(39)40-5-2)22(17-7-6-8-18(29)15(17)3)34-24(33-19)25-32-9-10-42-25/h6-10,16,20,22-23H,4-5,11-14H2,1-3H3,(H,33,34)(H,37,38)/t16?,20?,22-,23?/m0/s1. The maximum Gasteiger partial charge on any atom is 0.338 e. The zero-order chi connectivity index (χ0) is 30.2. The Kier molecular flexibility index (Phi) is 8.69. The molecule has 2 fully saturated rings. The first-order valence-electron chi connectivity index (χ1n) is 13.7. The van der Waals surface area contributed by atoms with Crippen molar-refractivity contribution in [2.24, 2.45) is 10.9 Å². The Morgan fingerprint density at radius 3 is 2.79 bits per heavy atom. The fourth-order valence-electron chi connectivity index (χ4n) is 5.72. The number of hydrogen-bond acceptors (Lipinski definition) is 10. The lowest BCUT2D eigenvalue weighted by molar-refractivity contribution is -0.192. The second-order valence-corrected chi connectivity index (χ2v) is 11.3. The fraction of sp³-hybridized carbons (Fsp3) is 0.500. The maximum atomic E-state index is 15.5. The average Bonchev–Trinajstić information content (AvgIpc) is 3.68. The predicted octanol–water partition coefficient (Wildman–Crippen LogP) is 3.55. The Balaban J connectivity index is 1.54. The highest BCUT2D eigenvalue weighted by Crippen LogP contribution is 2.42. The molecule has 2 saturated heterocycles. The maximum absolute atomic E-state index is 15.5. The number of ether oxygens (including phenoxy) is 1. The number of esters is 1. The summed E-state index contributed by atoms with van der Waals surface area (Å²) in [5.74, 6) is -6.01. The molecule has 0 spiro atoms. The van der Waals surface area contributed by atoms with Gasteiger partial charge in [-0.15, -0.1) is 11.3 Å². The van der Waals surface area contributed by atoms with Gasteiger partial charge in [0.2, 0.25) is 0 Å². The van der Waals surface area contributed by atoms with Crippen molar-refractivity contribution in [3.8, 4) is 0 Å². The van der Waals surface area contributed by atoms with Crippen LogP contribution in [0.4, 0.5) is 13.2 Å². The minimum atomic E-state index is -3.22. The van der Waals surface area contributed by atoms with E-state index in [1.165, 1.54) is 28.4 Å². The lowest BCUT2D eigenvalue weighted by Crippen LogP contribution is -2.47. The van der Waals surface area contributed by atoms with E-state index in [0.717, 1.165) is 5.06 Å². The minimum Gasteiger partial charge on any atom is -0.481 e. The summed E-state index contributed by atoms with van der Waals surface area (Å²) in [6.45, 7) is 3.98. The van der Waals surface area contributed by atoms with E-state index in [4.69, 9.17) is 14.6 Å². The largest absolute Gasteiger partial charge is 0.481 e. The number of carbonyl (C=O) groups is 2. The number of nitrogens with one attached hydrogen (secondary N) is 1. The molecule has 10 nitrogen and oxygen atoms in total. The lowest BCUT2D eigenvalue weighted by atomic mass is 9.92. The topological polar surface area (TPSA) is 117 Å². The van der Waals surface area contributed by atoms with Gasteiger partial charge in [-0.2, -0.15) is 5.06 Å². The zero-order valence-corrected chi connectivity index (χ0v) is 24.2. The van der Waals surface area contributed by atoms with Crippen LogP contribution in [0.5, 0.6) is 0 Å². The van der Waals surface area contributed by atoms with E-state index in [2.05, 4.69) is 10.3 Å². The molecule has 4 atom stereocenters. The molecule has 0 amide bonds. The van der Waals surface area contributed by atoms with E-state index < -0.39 is 54.3 Å². The number of benzene rings is 1. The summed E-state index contributed by atoms with van der Waals surface area (Å²) in [5.41, 5.74) is 1.11. The highest BCUT2D eigenvalue weighted by Gasteiger charge is 2.61. The number of nitrogens with zero attached hydrogens (tertiary/aromatic N) is 4. The number of alkyl halides is 2. The molecule has 2 N–H and O–H groups in total. The van der Waals surface area contributed by atoms with Crippen LogP contribution < -0.4 is 5.32 Å². The van der Waals surface area contributed by atoms with Crippen LogP contribution in [0.15, 0.2) is 46.0 Å². The zero-order valence-electron chi connectivity index (χ0n) is 23.3. The van der Waals surface area contributed by atoms with E-state index in [0.29, 0.717) is 22.0 Å². The third-order valence-electron chi connectivity index (χ3n) is 7.87. The summed E-state index contributed by atoms with van der Waals surface area (Å²) in [6, 6.07) is 1.38. The van der Waals surface area contributed by atoms with Crippen molar-refractivity contribution in [1.82, 2.24) is 20.3 Å². The van der Waals surface area contributed by atoms with E-state index in [-0.39, 0.29) is 44.0 Å². The smallest absolute Gasteiger partial charge is 0.338 e. The summed E-state index contributed by atoms with van der Waals surface area (Å²) < 4.78 is 51.1. The van der Waals surface area contributed by atoms with Gasteiger partial charge >= 0.3 is 11.9 Å². The number of carboxylic acid groups (broad SMARTS) is 1. The van der Waals surface area contributed by atoms with Crippen molar-refractivity contribution in [2.75, 3.05) is 32.8 Å². The van der Waals surface area contributed by atoms with Crippen molar-refractivity contribution in [3.63, 3.8) is 0 Å². The number of likely N-dealkylation sites (tertiary alicyclic amines) is 1. The molecule has 0 aliphatic carbocycles. The summed E-state index contributed by atoms with van der Waals surface area (Å²) >= 11 is 1.30. The molecule has 0 saturated carbocycles. The third kappa shape index (κ3) is 5.68. The van der Waals surface area contributed by atoms with Crippen LogP contribution in [0, 0.1) is 18.7 Å². The molecule has 1 aromatic heterocycles. The first-order chi connectivity index (χ1) is 20.1. The van der Waals surface area contributed by atoms with Crippen LogP contribution >= 0.6 is 11.3 Å². The number of carboxylic acids is 1. The highest BCUT2D eigenvalue weighted by atomic mass is 32.1. The van der Waals surface area contributed by atoms with Gasteiger partial charge in [0.15, 0.2) is 10.8 Å². The molecule has 226 valence electrons. The number of amidine groups is 1. The Hall–Kier alpha value is -3.33. The highest BCUT2D eigenvalue weighted by molar-refractivity contribution is 7.11. The van der Waals surface area contributed by atoms with E-state index in [1.54, 1.807) is 38.4 Å². The quantitative estimate of drug-likeness (QED) is 0.391. The van der Waals surface area contributed by atoms with E-state index in [1.807, 2.05) is 0 Å². The molecule has 4 heterocycles. The van der Waals surface area contributed by atoms with E-state index in [9.17, 15) is 19.1 Å². The van der Waals surface area contributed by atoms with Crippen LogP contribution in [0.1, 0.15) is 42.4 Å². The van der Waals surface area contributed by atoms with Gasteiger partial charge in [-0.3, -0.25) is 19.5 Å². The number of fused-ring (bicyclic) bond motifs is 1. The second kappa shape index (κ2) is 12.1. The number of halogens is 3. The summed E-state index contributed by atoms with van der Waals surface area (Å²) in [7, 11) is 0. The van der Waals surface area contributed by atoms with Crippen LogP contribution in [-0.4, -0.2) is 88.7 Å². The Morgan fingerprint density at radius 2 is 2.12 bits per heavy atom. The number of aromatic nitrogens is 1. The van der Waals surface area contributed by atoms with Gasteiger partial charge in [-0.25, -0.2) is 22.9 Å². The first-order valence-corrected chi connectivity index (χ1v) is 14.6. The summed E-state index contributed by atoms with van der Waals surface area (Å²) in [6.07, 6.45) is 1.86. The molecular weight excluding hydrogens is 575 g/mol. The molecule has 0 radical (unpaired) electrons. The van der Waals surface area contributed by atoms with Crippen molar-refractivity contribution in [2.45, 2.75) is 51.2 Å². The molecule has 3 aliphatic heterocycles. The van der Waals surface area contributed by atoms with Crippen LogP contribution in [0.25, 0.3) is 0 Å². The molecule has 2 aromatic rings. The van der Waals surface area contributed by atoms with Gasteiger partial charge in [-0.05, 0) is 37.5 Å². The first kappa shape index (κ1) is 30.1. The van der Waals surface area contributed by atoms with Crippen molar-refractivity contribution < 1.29 is 37.4 Å². The monoisotopic (exact) mass is 607 g/mol. The molecule has 0 bridgehead atoms. The van der Waals surface area contributed by atoms with Crippen LogP contribution in [0.2, 0.25) is 0 Å². The van der Waals surface area contributed by atoms with Gasteiger partial charge in [-0.1, -0.05) is 19.1 Å². The lowest BCUT2D eigenvalue weighted by Gasteiger charge is -2.31. The summed E-state index contributed by atoms with van der Waals surface area (Å²) in [4.78, 5) is 41.2. The van der Waals surface area contributed by atoms with Crippen molar-refractivity contribution >= 4 is 29.1 Å². The number of hydrogen-bond donors (Lipinski definition) is 2. The Bertz CT molecular complexity index is 1400. The number of hydroxylamine groups is 2. The molecule has 42 heavy (non-hydrogen) atoms. The van der Waals surface area contributed by atoms with Gasteiger partial charge in [0, 0.05) is 30.4 Å². The van der Waals surface area contributed by atoms with Crippen molar-refractivity contribution in [1.29, 1.82) is 0 Å². The minimum absolute atomic E-state index is 0.0605. The van der Waals surface area contributed by atoms with Gasteiger partial charge in [0.25, 0.3) is 5.92 Å². The van der Waals surface area contributed by atoms with E-state index >= 15 is 8.78 Å². The summed E-state index contributed by atoms with van der Waals surface area (Å²) in [5, 5.41) is 16.0. The molecular formula is C28H32F3N5O5S. The van der Waals surface area contributed by atoms with Gasteiger partial charge in [0.05, 0.1) is 37.3 Å². The molecule has 1 aromatic carbocycles. The SMILES string of the molecule is CCOC(=O)C1=C(CN2CC(F)(F)C3C2CON3CC(CC)C(=O)O)NC(c2nccs2)=N[C@H]1c1cccc(F)c1C. The Labute approximate surface area is 244 Å². The van der Waals surface area contributed by atoms with Crippen molar-refractivity contribution in [3.05, 3.63) is 63.0 Å². The number of aliphatic imine (C=N–C) groups is 1. The van der Waals surface area contributed by atoms with Gasteiger partial charge in [0.1, 0.15) is 17.9 Å². The van der Waals surface area contributed by atoms with Crippen LogP contribution in [0.3, 0.4) is 0 Å². The molecule has 14 heteroatoms. The third-order valence-corrected chi connectivity index (χ3v) is 8.65. The number of aliphatic carboxylic acids is 1. The van der Waals surface area contributed by atoms with Gasteiger partial charge < -0.3 is 15.2 Å². The number of carbonyl (C=O) groups excluding carboxylic acids is 1. The fourth-order valence-corrected chi connectivity index (χ4v) is 6.31. The molecule has 3 aliphatic rings. The van der Waals surface area contributed by atoms with Crippen LogP contribution in [-0.2, 0) is 19.2 Å². The predicted molar refractivity (Wildman–Crippen MR) is 147 cm³/mol. The number of rotatable bonds is 10. The average molecular weight is 608 g/mol. The number of thiazole rings is 1. The molecule has 3 unspecified atom stereocenters. The Morgan fingerprint density at radius 1 is 1.33 bits per heavy atom. The molecule has 5 rings (SSSR count). The second-order valence-electron chi connectivity index (χ2n) is 10.4.